The fourth-order valence-electron chi connectivity index (χ4n) is 4.21. The van der Waals surface area contributed by atoms with Crippen LogP contribution in [0.3, 0.4) is 0 Å². The summed E-state index contributed by atoms with van der Waals surface area (Å²) in [5.74, 6) is 1.39. The zero-order valence-corrected chi connectivity index (χ0v) is 17.6. The summed E-state index contributed by atoms with van der Waals surface area (Å²) in [5.41, 5.74) is 0.0817. The van der Waals surface area contributed by atoms with Gasteiger partial charge in [0.25, 0.3) is 0 Å². The van der Waals surface area contributed by atoms with Gasteiger partial charge in [0, 0.05) is 0 Å². The summed E-state index contributed by atoms with van der Waals surface area (Å²) in [4.78, 5) is 0. The number of rotatable bonds is 14. The molecule has 0 heterocycles. The SMILES string of the molecule is CCCCCC(C)(CC(C)C)OC(C)(CCCCC)CC(C)C. The highest BCUT2D eigenvalue weighted by atomic mass is 16.5. The molecule has 0 radical (unpaired) electrons. The molecule has 0 aliphatic carbocycles. The average molecular weight is 327 g/mol. The maximum atomic E-state index is 6.94. The molecule has 2 unspecified atom stereocenters. The van der Waals surface area contributed by atoms with Gasteiger partial charge in [0.2, 0.25) is 0 Å². The van der Waals surface area contributed by atoms with Crippen LogP contribution < -0.4 is 0 Å². The Kier molecular flexibility index (Phi) is 11.5. The third-order valence-electron chi connectivity index (χ3n) is 4.79. The normalized spacial score (nSPS) is 17.5. The first-order valence-corrected chi connectivity index (χ1v) is 10.4. The van der Waals surface area contributed by atoms with Gasteiger partial charge in [-0.25, -0.2) is 0 Å². The van der Waals surface area contributed by atoms with Gasteiger partial charge in [-0.1, -0.05) is 80.1 Å². The van der Waals surface area contributed by atoms with Crippen LogP contribution in [0.5, 0.6) is 0 Å². The molecule has 0 saturated heterocycles. The Labute approximate surface area is 148 Å². The van der Waals surface area contributed by atoms with Crippen molar-refractivity contribution in [2.45, 2.75) is 131 Å². The summed E-state index contributed by atoms with van der Waals surface area (Å²) in [6, 6.07) is 0. The Morgan fingerprint density at radius 2 is 1.00 bits per heavy atom. The molecule has 0 saturated carbocycles. The Morgan fingerprint density at radius 3 is 1.26 bits per heavy atom. The molecule has 0 aromatic carbocycles. The minimum absolute atomic E-state index is 0.0409. The first kappa shape index (κ1) is 23.0. The van der Waals surface area contributed by atoms with E-state index < -0.39 is 0 Å². The Morgan fingerprint density at radius 1 is 0.652 bits per heavy atom. The van der Waals surface area contributed by atoms with E-state index in [1.807, 2.05) is 0 Å². The maximum absolute atomic E-state index is 6.94. The van der Waals surface area contributed by atoms with Crippen molar-refractivity contribution in [2.24, 2.45) is 11.8 Å². The first-order valence-electron chi connectivity index (χ1n) is 10.4. The minimum atomic E-state index is 0.0409. The lowest BCUT2D eigenvalue weighted by atomic mass is 9.84. The molecule has 0 spiro atoms. The monoisotopic (exact) mass is 326 g/mol. The van der Waals surface area contributed by atoms with Gasteiger partial charge < -0.3 is 4.74 Å². The van der Waals surface area contributed by atoms with Crippen LogP contribution in [0.15, 0.2) is 0 Å². The fraction of sp³-hybridized carbons (Fsp3) is 1.00. The molecule has 0 aliphatic rings. The van der Waals surface area contributed by atoms with Crippen molar-refractivity contribution in [2.75, 3.05) is 0 Å². The molecule has 0 fully saturated rings. The van der Waals surface area contributed by atoms with Crippen molar-refractivity contribution in [3.8, 4) is 0 Å². The van der Waals surface area contributed by atoms with E-state index in [-0.39, 0.29) is 11.2 Å². The van der Waals surface area contributed by atoms with Gasteiger partial charge >= 0.3 is 0 Å². The van der Waals surface area contributed by atoms with E-state index in [1.54, 1.807) is 0 Å². The Balaban J connectivity index is 4.99. The van der Waals surface area contributed by atoms with Gasteiger partial charge in [0.15, 0.2) is 0 Å². The predicted octanol–water partition coefficient (Wildman–Crippen LogP) is 7.77. The summed E-state index contributed by atoms with van der Waals surface area (Å²) in [5, 5.41) is 0. The van der Waals surface area contributed by atoms with Crippen LogP contribution in [0.1, 0.15) is 120 Å². The topological polar surface area (TPSA) is 9.23 Å². The summed E-state index contributed by atoms with van der Waals surface area (Å²) in [6.45, 7) is 18.7. The molecular weight excluding hydrogens is 280 g/mol. The standard InChI is InChI=1S/C22H46O/c1-9-11-13-15-21(7,17-19(3)4)23-22(8,18-20(5)6)16-14-12-10-2/h19-20H,9-18H2,1-8H3. The third kappa shape index (κ3) is 11.2. The summed E-state index contributed by atoms with van der Waals surface area (Å²) < 4.78 is 6.94. The van der Waals surface area contributed by atoms with E-state index in [1.165, 1.54) is 64.2 Å². The van der Waals surface area contributed by atoms with Crippen molar-refractivity contribution in [1.82, 2.24) is 0 Å². The van der Waals surface area contributed by atoms with Crippen molar-refractivity contribution >= 4 is 0 Å². The predicted molar refractivity (Wildman–Crippen MR) is 105 cm³/mol. The number of hydrogen-bond acceptors (Lipinski definition) is 1. The maximum Gasteiger partial charge on any atom is 0.0664 e. The lowest BCUT2D eigenvalue weighted by Crippen LogP contribution is -2.43. The van der Waals surface area contributed by atoms with Gasteiger partial charge in [0.05, 0.1) is 11.2 Å². The fourth-order valence-corrected chi connectivity index (χ4v) is 4.21. The van der Waals surface area contributed by atoms with E-state index in [0.717, 1.165) is 0 Å². The van der Waals surface area contributed by atoms with E-state index >= 15 is 0 Å². The van der Waals surface area contributed by atoms with E-state index in [4.69, 9.17) is 4.74 Å². The Hall–Kier alpha value is -0.0400. The second kappa shape index (κ2) is 11.5. The van der Waals surface area contributed by atoms with Crippen LogP contribution in [0.2, 0.25) is 0 Å². The van der Waals surface area contributed by atoms with Crippen molar-refractivity contribution in [1.29, 1.82) is 0 Å². The second-order valence-corrected chi connectivity index (χ2v) is 9.11. The minimum Gasteiger partial charge on any atom is -0.369 e. The highest BCUT2D eigenvalue weighted by Gasteiger charge is 2.36. The summed E-state index contributed by atoms with van der Waals surface area (Å²) in [6.07, 6.45) is 12.6. The zero-order chi connectivity index (χ0) is 17.9. The van der Waals surface area contributed by atoms with Gasteiger partial charge in [-0.05, 0) is 51.4 Å². The van der Waals surface area contributed by atoms with Gasteiger partial charge in [0.1, 0.15) is 0 Å². The molecule has 0 bridgehead atoms. The van der Waals surface area contributed by atoms with Crippen molar-refractivity contribution in [3.63, 3.8) is 0 Å². The molecule has 0 rings (SSSR count). The molecule has 1 heteroatoms. The van der Waals surface area contributed by atoms with Gasteiger partial charge in [-0.15, -0.1) is 0 Å². The van der Waals surface area contributed by atoms with Gasteiger partial charge in [-0.2, -0.15) is 0 Å². The molecule has 0 aromatic rings. The quantitative estimate of drug-likeness (QED) is 0.296. The molecule has 0 N–H and O–H groups in total. The molecule has 2 atom stereocenters. The van der Waals surface area contributed by atoms with Crippen LogP contribution in [0.25, 0.3) is 0 Å². The van der Waals surface area contributed by atoms with Crippen LogP contribution >= 0.6 is 0 Å². The largest absolute Gasteiger partial charge is 0.369 e. The molecule has 0 aliphatic heterocycles. The van der Waals surface area contributed by atoms with E-state index in [2.05, 4.69) is 55.4 Å². The summed E-state index contributed by atoms with van der Waals surface area (Å²) in [7, 11) is 0. The van der Waals surface area contributed by atoms with Crippen molar-refractivity contribution < 1.29 is 4.74 Å². The zero-order valence-electron chi connectivity index (χ0n) is 17.6. The number of ether oxygens (including phenoxy) is 1. The van der Waals surface area contributed by atoms with Gasteiger partial charge in [-0.3, -0.25) is 0 Å². The number of unbranched alkanes of at least 4 members (excludes halogenated alkanes) is 4. The Bertz CT molecular complexity index is 256. The first-order chi connectivity index (χ1) is 10.7. The average Bonchev–Trinajstić information content (AvgIpc) is 2.36. The highest BCUT2D eigenvalue weighted by molar-refractivity contribution is 4.85. The molecule has 0 amide bonds. The molecule has 0 aromatic heterocycles. The molecule has 1 nitrogen and oxygen atoms in total. The number of hydrogen-bond donors (Lipinski definition) is 0. The second-order valence-electron chi connectivity index (χ2n) is 9.11. The van der Waals surface area contributed by atoms with Crippen LogP contribution in [-0.2, 0) is 4.74 Å². The lowest BCUT2D eigenvalue weighted by molar-refractivity contribution is -0.163. The lowest BCUT2D eigenvalue weighted by Gasteiger charge is -2.43. The van der Waals surface area contributed by atoms with Crippen LogP contribution in [0, 0.1) is 11.8 Å². The summed E-state index contributed by atoms with van der Waals surface area (Å²) >= 11 is 0. The highest BCUT2D eigenvalue weighted by Crippen LogP contribution is 2.37. The third-order valence-corrected chi connectivity index (χ3v) is 4.79. The molecular formula is C22H46O. The smallest absolute Gasteiger partial charge is 0.0664 e. The molecule has 140 valence electrons. The van der Waals surface area contributed by atoms with Crippen LogP contribution in [0.4, 0.5) is 0 Å². The molecule has 23 heavy (non-hydrogen) atoms. The van der Waals surface area contributed by atoms with Crippen molar-refractivity contribution in [3.05, 3.63) is 0 Å². The van der Waals surface area contributed by atoms with E-state index in [0.29, 0.717) is 11.8 Å². The van der Waals surface area contributed by atoms with E-state index in [9.17, 15) is 0 Å². The van der Waals surface area contributed by atoms with Crippen LogP contribution in [-0.4, -0.2) is 11.2 Å².